The average Bonchev–Trinajstić information content (AvgIpc) is 3.25. The number of carbonyl (C=O) groups is 1. The smallest absolute Gasteiger partial charge is 0.333 e. The van der Waals surface area contributed by atoms with Crippen molar-refractivity contribution in [2.24, 2.45) is 0 Å². The van der Waals surface area contributed by atoms with Crippen molar-refractivity contribution in [3.8, 4) is 0 Å². The molecule has 0 saturated carbocycles. The van der Waals surface area contributed by atoms with E-state index in [1.165, 1.54) is 5.57 Å². The summed E-state index contributed by atoms with van der Waals surface area (Å²) < 4.78 is 5.33. The van der Waals surface area contributed by atoms with Crippen LogP contribution in [0.5, 0.6) is 0 Å². The number of aliphatic carboxylic acids is 1. The molecule has 0 aromatic rings. The van der Waals surface area contributed by atoms with Gasteiger partial charge in [-0.1, -0.05) is 31.6 Å². The van der Waals surface area contributed by atoms with Crippen LogP contribution in [0.25, 0.3) is 0 Å². The van der Waals surface area contributed by atoms with Crippen LogP contribution in [0.2, 0.25) is 0 Å². The van der Waals surface area contributed by atoms with Crippen molar-refractivity contribution < 1.29 is 19.7 Å². The van der Waals surface area contributed by atoms with Gasteiger partial charge in [0.2, 0.25) is 0 Å². The molecule has 4 heteroatoms. The van der Waals surface area contributed by atoms with Gasteiger partial charge in [-0.2, -0.15) is 0 Å². The Morgan fingerprint density at radius 2 is 2.09 bits per heavy atom. The standard InChI is InChI=1S/C18H30O4/c1-4-15(19)11-8-10-13(2)9-6-5-7-12-16-17(22-16)14(3)18(20)21/h9,15-17,19H,3-8,10-12H2,1-2H3,(H,20,21)/t15-,16+,17+/m1/s1. The van der Waals surface area contributed by atoms with E-state index >= 15 is 0 Å². The molecule has 1 rings (SSSR count). The third-order valence-corrected chi connectivity index (χ3v) is 4.22. The number of unbranched alkanes of at least 4 members (excludes halogenated alkanes) is 2. The molecule has 4 nitrogen and oxygen atoms in total. The maximum absolute atomic E-state index is 10.7. The zero-order valence-corrected chi connectivity index (χ0v) is 13.9. The molecule has 0 spiro atoms. The summed E-state index contributed by atoms with van der Waals surface area (Å²) in [5.41, 5.74) is 1.57. The number of ether oxygens (including phenoxy) is 1. The van der Waals surface area contributed by atoms with Gasteiger partial charge < -0.3 is 14.9 Å². The van der Waals surface area contributed by atoms with E-state index in [4.69, 9.17) is 9.84 Å². The van der Waals surface area contributed by atoms with Crippen molar-refractivity contribution in [2.45, 2.75) is 83.5 Å². The van der Waals surface area contributed by atoms with Crippen molar-refractivity contribution in [3.05, 3.63) is 23.8 Å². The van der Waals surface area contributed by atoms with Crippen molar-refractivity contribution in [2.75, 3.05) is 0 Å². The molecule has 0 aromatic heterocycles. The zero-order chi connectivity index (χ0) is 16.5. The van der Waals surface area contributed by atoms with E-state index < -0.39 is 5.97 Å². The Labute approximate surface area is 133 Å². The van der Waals surface area contributed by atoms with E-state index in [1.807, 2.05) is 6.92 Å². The van der Waals surface area contributed by atoms with Crippen LogP contribution in [-0.2, 0) is 9.53 Å². The van der Waals surface area contributed by atoms with Crippen molar-refractivity contribution in [3.63, 3.8) is 0 Å². The van der Waals surface area contributed by atoms with Crippen molar-refractivity contribution in [1.29, 1.82) is 0 Å². The molecule has 0 aromatic carbocycles. The molecular formula is C18H30O4. The fourth-order valence-corrected chi connectivity index (χ4v) is 2.55. The first kappa shape index (κ1) is 18.9. The molecule has 0 aliphatic carbocycles. The quantitative estimate of drug-likeness (QED) is 0.249. The first-order valence-electron chi connectivity index (χ1n) is 8.37. The van der Waals surface area contributed by atoms with Crippen LogP contribution >= 0.6 is 0 Å². The van der Waals surface area contributed by atoms with E-state index in [9.17, 15) is 9.90 Å². The van der Waals surface area contributed by atoms with Gasteiger partial charge in [0.25, 0.3) is 0 Å². The molecule has 0 bridgehead atoms. The van der Waals surface area contributed by atoms with Crippen LogP contribution in [-0.4, -0.2) is 34.5 Å². The van der Waals surface area contributed by atoms with Crippen LogP contribution in [0.4, 0.5) is 0 Å². The number of carboxylic acids is 1. The lowest BCUT2D eigenvalue weighted by Crippen LogP contribution is -2.07. The number of aliphatic hydroxyl groups excluding tert-OH is 1. The molecule has 126 valence electrons. The molecule has 1 aliphatic heterocycles. The third kappa shape index (κ3) is 7.23. The number of allylic oxidation sites excluding steroid dienone is 2. The lowest BCUT2D eigenvalue weighted by molar-refractivity contribution is -0.132. The fraction of sp³-hybridized carbons (Fsp3) is 0.722. The van der Waals surface area contributed by atoms with Gasteiger partial charge in [0.15, 0.2) is 0 Å². The highest BCUT2D eigenvalue weighted by atomic mass is 16.6. The first-order chi connectivity index (χ1) is 10.5. The van der Waals surface area contributed by atoms with Gasteiger partial charge in [-0.15, -0.1) is 0 Å². The second kappa shape index (κ2) is 9.80. The van der Waals surface area contributed by atoms with Gasteiger partial charge in [0, 0.05) is 0 Å². The van der Waals surface area contributed by atoms with E-state index in [1.54, 1.807) is 0 Å². The lowest BCUT2D eigenvalue weighted by Gasteiger charge is -2.07. The number of hydrogen-bond acceptors (Lipinski definition) is 3. The zero-order valence-electron chi connectivity index (χ0n) is 13.9. The summed E-state index contributed by atoms with van der Waals surface area (Å²) in [7, 11) is 0. The molecular weight excluding hydrogens is 280 g/mol. The molecule has 0 radical (unpaired) electrons. The molecule has 1 aliphatic rings. The second-order valence-corrected chi connectivity index (χ2v) is 6.21. The Hall–Kier alpha value is -1.13. The predicted octanol–water partition coefficient (Wildman–Crippen LogP) is 3.84. The Kier molecular flexibility index (Phi) is 8.43. The minimum atomic E-state index is -0.959. The minimum Gasteiger partial charge on any atom is -0.478 e. The van der Waals surface area contributed by atoms with Crippen LogP contribution in [0.3, 0.4) is 0 Å². The van der Waals surface area contributed by atoms with Crippen LogP contribution in [0, 0.1) is 0 Å². The Morgan fingerprint density at radius 1 is 1.36 bits per heavy atom. The number of aliphatic hydroxyl groups is 1. The Bertz CT molecular complexity index is 400. The largest absolute Gasteiger partial charge is 0.478 e. The highest BCUT2D eigenvalue weighted by Gasteiger charge is 2.42. The highest BCUT2D eigenvalue weighted by Crippen LogP contribution is 2.32. The lowest BCUT2D eigenvalue weighted by atomic mass is 10.0. The van der Waals surface area contributed by atoms with E-state index in [0.717, 1.165) is 51.4 Å². The van der Waals surface area contributed by atoms with Gasteiger partial charge in [0.1, 0.15) is 6.10 Å². The van der Waals surface area contributed by atoms with Crippen molar-refractivity contribution in [1.82, 2.24) is 0 Å². The maximum atomic E-state index is 10.7. The average molecular weight is 310 g/mol. The summed E-state index contributed by atoms with van der Waals surface area (Å²) >= 11 is 0. The van der Waals surface area contributed by atoms with E-state index in [-0.39, 0.29) is 23.9 Å². The van der Waals surface area contributed by atoms with Gasteiger partial charge in [-0.3, -0.25) is 0 Å². The van der Waals surface area contributed by atoms with Crippen LogP contribution < -0.4 is 0 Å². The normalized spacial score (nSPS) is 22.4. The Balaban J connectivity index is 2.02. The highest BCUT2D eigenvalue weighted by molar-refractivity contribution is 5.87. The molecule has 1 saturated heterocycles. The Morgan fingerprint density at radius 3 is 2.73 bits per heavy atom. The summed E-state index contributed by atoms with van der Waals surface area (Å²) in [6, 6.07) is 0. The van der Waals surface area contributed by atoms with Crippen LogP contribution in [0.15, 0.2) is 23.8 Å². The number of hydrogen-bond donors (Lipinski definition) is 2. The maximum Gasteiger partial charge on any atom is 0.333 e. The first-order valence-corrected chi connectivity index (χ1v) is 8.37. The molecule has 22 heavy (non-hydrogen) atoms. The van der Waals surface area contributed by atoms with E-state index in [2.05, 4.69) is 19.6 Å². The van der Waals surface area contributed by atoms with Gasteiger partial charge in [0.05, 0.1) is 17.8 Å². The molecule has 3 atom stereocenters. The summed E-state index contributed by atoms with van der Waals surface area (Å²) in [5, 5.41) is 18.3. The van der Waals surface area contributed by atoms with Gasteiger partial charge >= 0.3 is 5.97 Å². The fourth-order valence-electron chi connectivity index (χ4n) is 2.55. The van der Waals surface area contributed by atoms with Gasteiger partial charge in [-0.05, 0) is 51.9 Å². The third-order valence-electron chi connectivity index (χ3n) is 4.22. The van der Waals surface area contributed by atoms with Crippen LogP contribution in [0.1, 0.15) is 65.2 Å². The van der Waals surface area contributed by atoms with E-state index in [0.29, 0.717) is 0 Å². The summed E-state index contributed by atoms with van der Waals surface area (Å²) in [5.74, 6) is -0.959. The number of epoxide rings is 1. The topological polar surface area (TPSA) is 70.1 Å². The molecule has 0 unspecified atom stereocenters. The summed E-state index contributed by atoms with van der Waals surface area (Å²) in [6.07, 6.45) is 9.86. The summed E-state index contributed by atoms with van der Waals surface area (Å²) in [6.45, 7) is 7.68. The predicted molar refractivity (Wildman–Crippen MR) is 87.8 cm³/mol. The number of carboxylic acid groups (broad SMARTS) is 1. The monoisotopic (exact) mass is 310 g/mol. The SMILES string of the molecule is C=C(C(=O)O)[C@@H]1O[C@H]1CCCCC=C(C)CCC[C@H](O)CC. The molecule has 1 fully saturated rings. The van der Waals surface area contributed by atoms with Crippen molar-refractivity contribution >= 4 is 5.97 Å². The molecule has 2 N–H and O–H groups in total. The molecule has 1 heterocycles. The van der Waals surface area contributed by atoms with Gasteiger partial charge in [-0.25, -0.2) is 4.79 Å². The number of rotatable bonds is 12. The summed E-state index contributed by atoms with van der Waals surface area (Å²) in [4.78, 5) is 10.7. The molecule has 0 amide bonds. The minimum absolute atomic E-state index is 0.0595. The second-order valence-electron chi connectivity index (χ2n) is 6.21.